The zero-order valence-corrected chi connectivity index (χ0v) is 20.6. The minimum absolute atomic E-state index is 0.179. The van der Waals surface area contributed by atoms with Crippen molar-refractivity contribution in [1.82, 2.24) is 20.7 Å². The Morgan fingerprint density at radius 1 is 1.34 bits per heavy atom. The van der Waals surface area contributed by atoms with Crippen LogP contribution in [0.2, 0.25) is 5.02 Å². The molecule has 0 radical (unpaired) electrons. The van der Waals surface area contributed by atoms with E-state index in [1.54, 1.807) is 23.4 Å². The number of hydrogen-bond acceptors (Lipinski definition) is 7. The first kappa shape index (κ1) is 24.4. The number of benzene rings is 1. The summed E-state index contributed by atoms with van der Waals surface area (Å²) in [6.45, 7) is 10.7. The minimum atomic E-state index is -0.270. The van der Waals surface area contributed by atoms with Crippen LogP contribution in [-0.2, 0) is 16.2 Å². The van der Waals surface area contributed by atoms with Gasteiger partial charge in [0.15, 0.2) is 12.1 Å². The van der Waals surface area contributed by atoms with Crippen molar-refractivity contribution in [1.29, 1.82) is 0 Å². The summed E-state index contributed by atoms with van der Waals surface area (Å²) in [5.41, 5.74) is 6.57. The number of carbonyl (C=O) groups is 1. The molecule has 180 valence electrons. The fraction of sp³-hybridized carbons (Fsp3) is 0.231. The van der Waals surface area contributed by atoms with Gasteiger partial charge in [-0.1, -0.05) is 36.4 Å². The van der Waals surface area contributed by atoms with E-state index in [4.69, 9.17) is 16.4 Å². The molecule has 1 aromatic heterocycles. The summed E-state index contributed by atoms with van der Waals surface area (Å²) in [7, 11) is 0. The van der Waals surface area contributed by atoms with Gasteiger partial charge in [0, 0.05) is 52.8 Å². The standard InChI is InChI=1S/C26H27ClN6O2/c1-5-19-13-22(21-8-7-20(14-23(21)27)24-31-17(4)35-32-24)26(34)33(6-2)25(19)30-16(3)29-15-18-9-11-28-12-10-18/h5,7-14,17,29H,3,6,15H2,1-2,4H3,(H,31,32)/b19-5-,30-25+. The summed E-state index contributed by atoms with van der Waals surface area (Å²) >= 11 is 6.63. The third kappa shape index (κ3) is 5.34. The van der Waals surface area contributed by atoms with Gasteiger partial charge >= 0.3 is 0 Å². The van der Waals surface area contributed by atoms with Crippen LogP contribution in [0.15, 0.2) is 82.8 Å². The van der Waals surface area contributed by atoms with Crippen LogP contribution in [0.5, 0.6) is 0 Å². The number of aromatic nitrogens is 1. The van der Waals surface area contributed by atoms with Crippen LogP contribution < -0.4 is 10.8 Å². The second kappa shape index (κ2) is 10.7. The largest absolute Gasteiger partial charge is 0.366 e. The van der Waals surface area contributed by atoms with E-state index in [2.05, 4.69) is 32.3 Å². The lowest BCUT2D eigenvalue weighted by Crippen LogP contribution is -2.41. The lowest BCUT2D eigenvalue weighted by Gasteiger charge is -2.30. The maximum absolute atomic E-state index is 13.5. The quantitative estimate of drug-likeness (QED) is 0.606. The number of allylic oxidation sites excluding steroid dienone is 1. The van der Waals surface area contributed by atoms with Gasteiger partial charge in [0.25, 0.3) is 5.91 Å². The van der Waals surface area contributed by atoms with E-state index in [0.29, 0.717) is 46.7 Å². The summed E-state index contributed by atoms with van der Waals surface area (Å²) in [5, 5.41) is 3.64. The molecule has 4 rings (SSSR count). The van der Waals surface area contributed by atoms with Crippen molar-refractivity contribution in [3.63, 3.8) is 0 Å². The summed E-state index contributed by atoms with van der Waals surface area (Å²) in [6, 6.07) is 9.30. The molecule has 9 heteroatoms. The summed E-state index contributed by atoms with van der Waals surface area (Å²) in [6.07, 6.45) is 6.94. The number of halogens is 1. The molecule has 0 saturated carbocycles. The fourth-order valence-electron chi connectivity index (χ4n) is 3.76. The van der Waals surface area contributed by atoms with Crippen LogP contribution in [0, 0.1) is 0 Å². The zero-order chi connectivity index (χ0) is 24.9. The van der Waals surface area contributed by atoms with E-state index in [1.165, 1.54) is 0 Å². The second-order valence-electron chi connectivity index (χ2n) is 7.93. The van der Waals surface area contributed by atoms with E-state index in [1.807, 2.05) is 57.2 Å². The third-order valence-corrected chi connectivity index (χ3v) is 5.89. The van der Waals surface area contributed by atoms with Crippen LogP contribution >= 0.6 is 11.6 Å². The van der Waals surface area contributed by atoms with Gasteiger partial charge in [-0.05, 0) is 50.6 Å². The Morgan fingerprint density at radius 3 is 2.74 bits per heavy atom. The summed E-state index contributed by atoms with van der Waals surface area (Å²) < 4.78 is 0. The van der Waals surface area contributed by atoms with Gasteiger partial charge in [0.05, 0.1) is 0 Å². The molecule has 1 atom stereocenters. The molecule has 0 fully saturated rings. The van der Waals surface area contributed by atoms with Crippen LogP contribution in [0.1, 0.15) is 37.5 Å². The highest BCUT2D eigenvalue weighted by Crippen LogP contribution is 2.32. The first-order valence-corrected chi connectivity index (χ1v) is 11.7. The average molecular weight is 491 g/mol. The molecule has 0 bridgehead atoms. The maximum atomic E-state index is 13.5. The highest BCUT2D eigenvalue weighted by atomic mass is 35.5. The number of pyridine rings is 1. The van der Waals surface area contributed by atoms with Gasteiger partial charge in [0.2, 0.25) is 0 Å². The molecule has 1 unspecified atom stereocenters. The number of nitrogens with one attached hydrogen (secondary N) is 2. The Balaban J connectivity index is 1.61. The van der Waals surface area contributed by atoms with E-state index < -0.39 is 0 Å². The Labute approximate surface area is 209 Å². The third-order valence-electron chi connectivity index (χ3n) is 5.57. The zero-order valence-electron chi connectivity index (χ0n) is 19.9. The number of nitrogens with zero attached hydrogens (tertiary/aromatic N) is 4. The Bertz CT molecular complexity index is 1270. The molecule has 8 nitrogen and oxygen atoms in total. The van der Waals surface area contributed by atoms with Crippen LogP contribution in [-0.4, -0.2) is 40.2 Å². The van der Waals surface area contributed by atoms with Gasteiger partial charge in [-0.25, -0.2) is 20.3 Å². The van der Waals surface area contributed by atoms with Crippen molar-refractivity contribution in [3.05, 3.63) is 94.6 Å². The molecule has 0 spiro atoms. The van der Waals surface area contributed by atoms with Crippen molar-refractivity contribution in [2.75, 3.05) is 6.54 Å². The van der Waals surface area contributed by atoms with E-state index >= 15 is 0 Å². The van der Waals surface area contributed by atoms with Crippen LogP contribution in [0.25, 0.3) is 5.57 Å². The topological polar surface area (TPSA) is 91.2 Å². The molecule has 35 heavy (non-hydrogen) atoms. The van der Waals surface area contributed by atoms with E-state index in [9.17, 15) is 4.79 Å². The summed E-state index contributed by atoms with van der Waals surface area (Å²) in [5.74, 6) is 1.43. The number of rotatable bonds is 7. The van der Waals surface area contributed by atoms with Crippen LogP contribution in [0.3, 0.4) is 0 Å². The van der Waals surface area contributed by atoms with E-state index in [-0.39, 0.29) is 12.1 Å². The Morgan fingerprint density at radius 2 is 2.11 bits per heavy atom. The highest BCUT2D eigenvalue weighted by Gasteiger charge is 2.31. The normalized spacial score (nSPS) is 20.1. The Hall–Kier alpha value is -3.75. The highest BCUT2D eigenvalue weighted by molar-refractivity contribution is 6.37. The first-order chi connectivity index (χ1) is 16.9. The van der Waals surface area contributed by atoms with Gasteiger partial charge in [0.1, 0.15) is 11.7 Å². The molecule has 2 aliphatic heterocycles. The predicted molar refractivity (Wildman–Crippen MR) is 138 cm³/mol. The SMILES string of the molecule is C=C(/N=C1\C(=C/C)C=C(c2ccc(C3=NC(C)ON3)cc2Cl)C(=O)N1CC)NCc1ccncc1. The number of hydroxylamine groups is 1. The number of aliphatic imine (C=N–C) groups is 2. The molecule has 1 aromatic carbocycles. The molecule has 2 aliphatic rings. The molecule has 2 N–H and O–H groups in total. The molecule has 3 heterocycles. The lowest BCUT2D eigenvalue weighted by atomic mass is 9.95. The van der Waals surface area contributed by atoms with Gasteiger partial charge in [-0.15, -0.1) is 0 Å². The molecule has 1 amide bonds. The number of likely N-dealkylation sites (N-methyl/N-ethyl adjacent to an activating group) is 1. The maximum Gasteiger partial charge on any atom is 0.260 e. The summed E-state index contributed by atoms with van der Waals surface area (Å²) in [4.78, 5) is 33.4. The minimum Gasteiger partial charge on any atom is -0.366 e. The van der Waals surface area contributed by atoms with E-state index in [0.717, 1.165) is 16.7 Å². The van der Waals surface area contributed by atoms with Crippen molar-refractivity contribution < 1.29 is 9.63 Å². The lowest BCUT2D eigenvalue weighted by molar-refractivity contribution is -0.121. The molecule has 2 aromatic rings. The molecule has 0 aliphatic carbocycles. The van der Waals surface area contributed by atoms with Crippen molar-refractivity contribution in [2.45, 2.75) is 33.5 Å². The van der Waals surface area contributed by atoms with Gasteiger partial charge in [-0.2, -0.15) is 0 Å². The number of amides is 1. The first-order valence-electron chi connectivity index (χ1n) is 11.3. The van der Waals surface area contributed by atoms with Gasteiger partial charge < -0.3 is 5.32 Å². The smallest absolute Gasteiger partial charge is 0.260 e. The van der Waals surface area contributed by atoms with Crippen molar-refractivity contribution in [3.8, 4) is 0 Å². The number of carbonyl (C=O) groups excluding carboxylic acids is 1. The van der Waals surface area contributed by atoms with Crippen LogP contribution in [0.4, 0.5) is 0 Å². The molecular formula is C26H27ClN6O2. The predicted octanol–water partition coefficient (Wildman–Crippen LogP) is 4.21. The molecule has 0 saturated heterocycles. The van der Waals surface area contributed by atoms with Gasteiger partial charge in [-0.3, -0.25) is 14.7 Å². The number of hydrogen-bond donors (Lipinski definition) is 2. The van der Waals surface area contributed by atoms with Crippen molar-refractivity contribution in [2.24, 2.45) is 9.98 Å². The molecular weight excluding hydrogens is 464 g/mol. The number of amidine groups is 2. The monoisotopic (exact) mass is 490 g/mol. The average Bonchev–Trinajstić information content (AvgIpc) is 3.30. The second-order valence-corrected chi connectivity index (χ2v) is 8.34. The fourth-order valence-corrected chi connectivity index (χ4v) is 4.05. The Kier molecular flexibility index (Phi) is 7.43. The van der Waals surface area contributed by atoms with Crippen molar-refractivity contribution >= 4 is 34.8 Å².